The summed E-state index contributed by atoms with van der Waals surface area (Å²) in [4.78, 5) is 29.5. The fraction of sp³-hybridized carbons (Fsp3) is 0.500. The molecule has 44 heavy (non-hydrogen) atoms. The van der Waals surface area contributed by atoms with Gasteiger partial charge in [-0.3, -0.25) is 9.89 Å². The van der Waals surface area contributed by atoms with Crippen LogP contribution in [0, 0.1) is 5.41 Å². The van der Waals surface area contributed by atoms with Crippen LogP contribution in [0.15, 0.2) is 43.0 Å². The van der Waals surface area contributed by atoms with Crippen LogP contribution in [-0.4, -0.2) is 55.1 Å². The van der Waals surface area contributed by atoms with Crippen molar-refractivity contribution in [2.24, 2.45) is 5.41 Å². The van der Waals surface area contributed by atoms with Gasteiger partial charge in [0.2, 0.25) is 0 Å². The number of benzene rings is 1. The maximum Gasteiger partial charge on any atom is 0.416 e. The third kappa shape index (κ3) is 9.46. The highest BCUT2D eigenvalue weighted by molar-refractivity contribution is 5.94. The number of alkyl halides is 6. The number of carbonyl (C=O) groups excluding carboxylic acids is 2. The molecule has 0 aliphatic rings. The number of amides is 2. The van der Waals surface area contributed by atoms with Crippen LogP contribution in [0.1, 0.15) is 58.1 Å². The van der Waals surface area contributed by atoms with Gasteiger partial charge in [0.05, 0.1) is 41.9 Å². The van der Waals surface area contributed by atoms with Crippen LogP contribution in [0.25, 0.3) is 11.3 Å². The van der Waals surface area contributed by atoms with E-state index in [9.17, 15) is 41.0 Å². The lowest BCUT2D eigenvalue weighted by Crippen LogP contribution is -2.50. The summed E-state index contributed by atoms with van der Waals surface area (Å²) in [5.41, 5.74) is -4.18. The van der Waals surface area contributed by atoms with Gasteiger partial charge in [-0.25, -0.2) is 9.78 Å². The van der Waals surface area contributed by atoms with Crippen molar-refractivity contribution < 1.29 is 45.8 Å². The number of ether oxygens (including phenoxy) is 1. The maximum atomic E-state index is 13.3. The number of carbonyl (C=O) groups is 2. The van der Waals surface area contributed by atoms with E-state index in [-0.39, 0.29) is 30.5 Å². The van der Waals surface area contributed by atoms with Crippen molar-refractivity contribution in [3.63, 3.8) is 0 Å². The van der Waals surface area contributed by atoms with E-state index in [0.717, 1.165) is 0 Å². The quantitative estimate of drug-likeness (QED) is 0.191. The Morgan fingerprint density at radius 3 is 2.23 bits per heavy atom. The van der Waals surface area contributed by atoms with Crippen LogP contribution >= 0.6 is 0 Å². The molecule has 4 N–H and O–H groups in total. The van der Waals surface area contributed by atoms with Gasteiger partial charge >= 0.3 is 18.4 Å². The average Bonchev–Trinajstić information content (AvgIpc) is 3.61. The monoisotopic (exact) mass is 632 g/mol. The Kier molecular flexibility index (Phi) is 10.7. The Balaban J connectivity index is 1.77. The third-order valence-electron chi connectivity index (χ3n) is 6.69. The third-order valence-corrected chi connectivity index (χ3v) is 6.69. The summed E-state index contributed by atoms with van der Waals surface area (Å²) in [7, 11) is 0. The summed E-state index contributed by atoms with van der Waals surface area (Å²) in [5, 5.41) is 21.9. The minimum atomic E-state index is -5.01. The fourth-order valence-corrected chi connectivity index (χ4v) is 4.15. The van der Waals surface area contributed by atoms with Gasteiger partial charge in [-0.05, 0) is 24.6 Å². The number of unbranched alkanes of at least 4 members (excludes halogenated alkanes) is 1. The van der Waals surface area contributed by atoms with E-state index in [1.165, 1.54) is 29.4 Å². The van der Waals surface area contributed by atoms with Crippen molar-refractivity contribution >= 4 is 17.8 Å². The van der Waals surface area contributed by atoms with Gasteiger partial charge < -0.3 is 25.0 Å². The molecule has 10 nitrogen and oxygen atoms in total. The molecule has 2 heterocycles. The Hall–Kier alpha value is -4.08. The maximum absolute atomic E-state index is 13.3. The predicted octanol–water partition coefficient (Wildman–Crippen LogP) is 6.01. The van der Waals surface area contributed by atoms with Crippen LogP contribution in [0.4, 0.5) is 37.0 Å². The number of H-pyrrole nitrogens is 1. The summed E-state index contributed by atoms with van der Waals surface area (Å²) >= 11 is 0. The molecule has 16 heteroatoms. The molecular weight excluding hydrogens is 598 g/mol. The highest BCUT2D eigenvalue weighted by Gasteiger charge is 2.37. The van der Waals surface area contributed by atoms with E-state index in [0.29, 0.717) is 25.0 Å². The molecule has 3 rings (SSSR count). The summed E-state index contributed by atoms with van der Waals surface area (Å²) in [6, 6.07) is 1.67. The van der Waals surface area contributed by atoms with Crippen molar-refractivity contribution in [2.75, 3.05) is 5.32 Å². The van der Waals surface area contributed by atoms with Gasteiger partial charge in [0.1, 0.15) is 11.9 Å². The molecule has 0 radical (unpaired) electrons. The molecule has 0 unspecified atom stereocenters. The number of aromatic amines is 1. The van der Waals surface area contributed by atoms with Crippen LogP contribution in [0.3, 0.4) is 0 Å². The number of halogens is 6. The molecule has 0 saturated heterocycles. The molecule has 0 aliphatic heterocycles. The average molecular weight is 633 g/mol. The predicted molar refractivity (Wildman–Crippen MR) is 147 cm³/mol. The van der Waals surface area contributed by atoms with E-state index in [4.69, 9.17) is 4.74 Å². The summed E-state index contributed by atoms with van der Waals surface area (Å²) in [6.07, 6.45) is -8.06. The van der Waals surface area contributed by atoms with Crippen LogP contribution in [0.2, 0.25) is 0 Å². The molecule has 0 spiro atoms. The van der Waals surface area contributed by atoms with E-state index in [2.05, 4.69) is 25.8 Å². The Labute approximate surface area is 249 Å². The molecule has 3 atom stereocenters. The lowest BCUT2D eigenvalue weighted by Gasteiger charge is -2.31. The number of anilines is 1. The normalized spacial score (nSPS) is 14.5. The summed E-state index contributed by atoms with van der Waals surface area (Å²) in [6.45, 7) is 7.10. The zero-order chi connectivity index (χ0) is 32.9. The number of nitrogens with zero attached hydrogens (tertiary/aromatic N) is 3. The highest BCUT2D eigenvalue weighted by Crippen LogP contribution is 2.38. The first-order chi connectivity index (χ1) is 20.4. The lowest BCUT2D eigenvalue weighted by molar-refractivity contribution is -0.143. The van der Waals surface area contributed by atoms with Crippen LogP contribution in [-0.2, 0) is 28.4 Å². The largest absolute Gasteiger partial charge is 0.444 e. The van der Waals surface area contributed by atoms with Gasteiger partial charge in [0, 0.05) is 23.2 Å². The number of aromatic nitrogens is 4. The van der Waals surface area contributed by atoms with Crippen LogP contribution < -0.4 is 10.6 Å². The molecule has 3 aromatic rings. The van der Waals surface area contributed by atoms with Gasteiger partial charge in [-0.2, -0.15) is 31.4 Å². The number of hydrogen-bond acceptors (Lipinski definition) is 6. The number of hydrogen-bond donors (Lipinski definition) is 4. The molecule has 0 bridgehead atoms. The molecule has 0 saturated carbocycles. The standard InChI is InChI=1S/C28H34F6N6O4/c1-5-6-7-19(23(41)24(42)38-22-8-9-36-39-22)37-25(43)44-21(26(2,3)4)14-40-13-20(35-15-40)16-10-17(27(29,30)31)12-18(11-16)28(32,33)34/h8-13,15,19,21,23,41H,5-7,14H2,1-4H3,(H,37,43)(H2,36,38,39,42)/t19-,21+,23+/m0/s1. The first-order valence-corrected chi connectivity index (χ1v) is 13.7. The number of aliphatic hydroxyl groups is 1. The van der Waals surface area contributed by atoms with Gasteiger partial charge in [0.15, 0.2) is 6.10 Å². The van der Waals surface area contributed by atoms with Crippen molar-refractivity contribution in [3.05, 3.63) is 54.1 Å². The fourth-order valence-electron chi connectivity index (χ4n) is 4.15. The van der Waals surface area contributed by atoms with Crippen molar-refractivity contribution in [2.45, 2.75) is 84.1 Å². The summed E-state index contributed by atoms with van der Waals surface area (Å²) in [5.74, 6) is -0.532. The minimum absolute atomic E-state index is 0.0360. The molecule has 2 amide bonds. The summed E-state index contributed by atoms with van der Waals surface area (Å²) < 4.78 is 87.0. The zero-order valence-electron chi connectivity index (χ0n) is 24.4. The second-order valence-corrected chi connectivity index (χ2v) is 11.3. The second kappa shape index (κ2) is 13.7. The zero-order valence-corrected chi connectivity index (χ0v) is 24.4. The Bertz CT molecular complexity index is 1370. The van der Waals surface area contributed by atoms with Crippen LogP contribution in [0.5, 0.6) is 0 Å². The lowest BCUT2D eigenvalue weighted by atomic mass is 9.89. The Morgan fingerprint density at radius 2 is 1.70 bits per heavy atom. The molecule has 0 aliphatic carbocycles. The molecule has 2 aromatic heterocycles. The second-order valence-electron chi connectivity index (χ2n) is 11.3. The van der Waals surface area contributed by atoms with Gasteiger partial charge in [-0.15, -0.1) is 0 Å². The van der Waals surface area contributed by atoms with E-state index in [1.807, 2.05) is 6.92 Å². The first-order valence-electron chi connectivity index (χ1n) is 13.7. The Morgan fingerprint density at radius 1 is 1.07 bits per heavy atom. The topological polar surface area (TPSA) is 134 Å². The van der Waals surface area contributed by atoms with Crippen molar-refractivity contribution in [1.29, 1.82) is 0 Å². The minimum Gasteiger partial charge on any atom is -0.444 e. The van der Waals surface area contributed by atoms with Gasteiger partial charge in [-0.1, -0.05) is 40.5 Å². The number of imidazole rings is 1. The SMILES string of the molecule is CCCC[C@H](NC(=O)O[C@H](Cn1cnc(-c2cc(C(F)(F)F)cc(C(F)(F)F)c2)c1)C(C)(C)C)[C@@H](O)C(=O)Nc1ccn[nH]1. The molecular formula is C28H34F6N6O4. The van der Waals surface area contributed by atoms with Crippen molar-refractivity contribution in [1.82, 2.24) is 25.1 Å². The highest BCUT2D eigenvalue weighted by atomic mass is 19.4. The first kappa shape index (κ1) is 34.4. The number of nitrogens with one attached hydrogen (secondary N) is 3. The number of aliphatic hydroxyl groups excluding tert-OH is 1. The van der Waals surface area contributed by atoms with Gasteiger partial charge in [0.25, 0.3) is 5.91 Å². The van der Waals surface area contributed by atoms with E-state index >= 15 is 0 Å². The van der Waals surface area contributed by atoms with Crippen molar-refractivity contribution in [3.8, 4) is 11.3 Å². The van der Waals surface area contributed by atoms with E-state index < -0.39 is 64.7 Å². The number of rotatable bonds is 11. The molecule has 242 valence electrons. The molecule has 0 fully saturated rings. The molecule has 1 aromatic carbocycles. The smallest absolute Gasteiger partial charge is 0.416 e. The van der Waals surface area contributed by atoms with E-state index in [1.54, 1.807) is 20.8 Å². The number of alkyl carbamates (subject to hydrolysis) is 1.